The predicted octanol–water partition coefficient (Wildman–Crippen LogP) is 2.62. The second-order valence-corrected chi connectivity index (χ2v) is 6.87. The van der Waals surface area contributed by atoms with Crippen molar-refractivity contribution in [1.82, 2.24) is 4.90 Å². The maximum atomic E-state index is 14.7. The molecule has 2 aliphatic heterocycles. The van der Waals surface area contributed by atoms with Gasteiger partial charge in [-0.25, -0.2) is 4.39 Å². The molecular formula is C22H21FN2O4. The Bertz CT molecular complexity index is 983. The van der Waals surface area contributed by atoms with Gasteiger partial charge in [-0.3, -0.25) is 9.59 Å². The number of anilines is 1. The molecule has 2 aromatic rings. The molecule has 7 heteroatoms. The van der Waals surface area contributed by atoms with E-state index in [9.17, 15) is 14.0 Å². The van der Waals surface area contributed by atoms with Crippen molar-refractivity contribution in [3.63, 3.8) is 0 Å². The fraction of sp³-hybridized carbons (Fsp3) is 0.273. The van der Waals surface area contributed by atoms with E-state index in [4.69, 9.17) is 9.47 Å². The molecule has 0 aliphatic carbocycles. The summed E-state index contributed by atoms with van der Waals surface area (Å²) >= 11 is 0. The van der Waals surface area contributed by atoms with Crippen LogP contribution in [0.2, 0.25) is 0 Å². The van der Waals surface area contributed by atoms with Crippen LogP contribution in [0.15, 0.2) is 48.5 Å². The van der Waals surface area contributed by atoms with Crippen molar-refractivity contribution < 1.29 is 23.5 Å². The van der Waals surface area contributed by atoms with E-state index in [0.717, 1.165) is 5.56 Å². The van der Waals surface area contributed by atoms with Crippen LogP contribution >= 0.6 is 0 Å². The Hall–Kier alpha value is -3.19. The number of benzene rings is 2. The van der Waals surface area contributed by atoms with Gasteiger partial charge in [-0.15, -0.1) is 0 Å². The van der Waals surface area contributed by atoms with Gasteiger partial charge in [0.2, 0.25) is 5.91 Å². The minimum Gasteiger partial charge on any atom is -0.497 e. The number of fused-ring (bicyclic) bond motifs is 1. The molecule has 0 aromatic heterocycles. The predicted molar refractivity (Wildman–Crippen MR) is 106 cm³/mol. The van der Waals surface area contributed by atoms with Crippen LogP contribution in [0.3, 0.4) is 0 Å². The molecule has 2 heterocycles. The summed E-state index contributed by atoms with van der Waals surface area (Å²) in [6.45, 7) is 2.06. The maximum Gasteiger partial charge on any atom is 0.259 e. The zero-order chi connectivity index (χ0) is 20.4. The van der Waals surface area contributed by atoms with Crippen molar-refractivity contribution >= 4 is 23.1 Å². The first-order chi connectivity index (χ1) is 14.1. The number of methoxy groups -OCH3 is 1. The summed E-state index contributed by atoms with van der Waals surface area (Å²) in [4.78, 5) is 28.8. The third-order valence-corrected chi connectivity index (χ3v) is 5.09. The van der Waals surface area contributed by atoms with E-state index < -0.39 is 11.7 Å². The molecule has 150 valence electrons. The first-order valence-corrected chi connectivity index (χ1v) is 9.40. The number of rotatable bonds is 4. The van der Waals surface area contributed by atoms with Crippen LogP contribution in [0, 0.1) is 5.82 Å². The summed E-state index contributed by atoms with van der Waals surface area (Å²) in [6.07, 6.45) is 1.32. The average Bonchev–Trinajstić information content (AvgIpc) is 3.01. The minimum atomic E-state index is -0.499. The van der Waals surface area contributed by atoms with Gasteiger partial charge in [0.05, 0.1) is 38.1 Å². The number of hydrogen-bond donors (Lipinski definition) is 0. The van der Waals surface area contributed by atoms with Gasteiger partial charge in [0.1, 0.15) is 11.6 Å². The lowest BCUT2D eigenvalue weighted by Crippen LogP contribution is -2.40. The summed E-state index contributed by atoms with van der Waals surface area (Å²) < 4.78 is 25.2. The number of para-hydroxylation sites is 1. The lowest BCUT2D eigenvalue weighted by atomic mass is 10.1. The van der Waals surface area contributed by atoms with E-state index in [1.165, 1.54) is 17.0 Å². The summed E-state index contributed by atoms with van der Waals surface area (Å²) in [5, 5.41) is 0. The topological polar surface area (TPSA) is 59.1 Å². The number of ether oxygens (including phenoxy) is 2. The molecule has 0 saturated carbocycles. The third kappa shape index (κ3) is 3.73. The Morgan fingerprint density at radius 1 is 1.21 bits per heavy atom. The average molecular weight is 396 g/mol. The first kappa shape index (κ1) is 19.1. The molecule has 1 saturated heterocycles. The standard InChI is InChI=1S/C22H21FN2O4/c1-28-16-5-2-4-15(12-16)14-25-21-17(6-3-7-19(21)23)18(22(25)27)13-20(26)24-8-10-29-11-9-24/h2-7,12-13H,8-11,14H2,1H3/b18-13+. The summed E-state index contributed by atoms with van der Waals surface area (Å²) in [5.74, 6) is -0.508. The van der Waals surface area contributed by atoms with Crippen LogP contribution in [0.5, 0.6) is 5.75 Å². The zero-order valence-corrected chi connectivity index (χ0v) is 16.1. The molecule has 1 fully saturated rings. The number of carbonyl (C=O) groups is 2. The molecule has 0 spiro atoms. The zero-order valence-electron chi connectivity index (χ0n) is 16.1. The molecule has 0 unspecified atom stereocenters. The molecule has 2 aliphatic rings. The molecule has 0 bridgehead atoms. The smallest absolute Gasteiger partial charge is 0.259 e. The second kappa shape index (κ2) is 8.05. The quantitative estimate of drug-likeness (QED) is 0.746. The maximum absolute atomic E-state index is 14.7. The van der Waals surface area contributed by atoms with Crippen LogP contribution in [0.25, 0.3) is 5.57 Å². The van der Waals surface area contributed by atoms with Gasteiger partial charge < -0.3 is 19.3 Å². The van der Waals surface area contributed by atoms with Crippen molar-refractivity contribution in [1.29, 1.82) is 0 Å². The first-order valence-electron chi connectivity index (χ1n) is 9.40. The van der Waals surface area contributed by atoms with E-state index in [0.29, 0.717) is 37.6 Å². The van der Waals surface area contributed by atoms with Crippen molar-refractivity contribution in [3.05, 3.63) is 65.5 Å². The van der Waals surface area contributed by atoms with Gasteiger partial charge in [0.25, 0.3) is 5.91 Å². The van der Waals surface area contributed by atoms with Gasteiger partial charge >= 0.3 is 0 Å². The summed E-state index contributed by atoms with van der Waals surface area (Å²) in [5.41, 5.74) is 1.63. The third-order valence-electron chi connectivity index (χ3n) is 5.09. The van der Waals surface area contributed by atoms with Gasteiger partial charge in [-0.05, 0) is 23.8 Å². The lowest BCUT2D eigenvalue weighted by molar-refractivity contribution is -0.130. The molecule has 4 rings (SSSR count). The van der Waals surface area contributed by atoms with Gasteiger partial charge in [0, 0.05) is 24.7 Å². The molecule has 2 aromatic carbocycles. The van der Waals surface area contributed by atoms with E-state index in [2.05, 4.69) is 0 Å². The van der Waals surface area contributed by atoms with Crippen molar-refractivity contribution in [2.24, 2.45) is 0 Å². The number of halogens is 1. The van der Waals surface area contributed by atoms with E-state index in [-0.39, 0.29) is 23.7 Å². The molecule has 6 nitrogen and oxygen atoms in total. The Labute approximate surface area is 168 Å². The van der Waals surface area contributed by atoms with Crippen molar-refractivity contribution in [2.75, 3.05) is 38.3 Å². The highest BCUT2D eigenvalue weighted by Crippen LogP contribution is 2.39. The van der Waals surface area contributed by atoms with Gasteiger partial charge in [-0.2, -0.15) is 0 Å². The highest BCUT2D eigenvalue weighted by atomic mass is 19.1. The van der Waals surface area contributed by atoms with Crippen molar-refractivity contribution in [3.8, 4) is 5.75 Å². The fourth-order valence-electron chi connectivity index (χ4n) is 3.61. The lowest BCUT2D eigenvalue weighted by Gasteiger charge is -2.25. The summed E-state index contributed by atoms with van der Waals surface area (Å²) in [7, 11) is 1.56. The van der Waals surface area contributed by atoms with Crippen molar-refractivity contribution in [2.45, 2.75) is 6.54 Å². The Kier molecular flexibility index (Phi) is 5.31. The molecule has 0 atom stereocenters. The minimum absolute atomic E-state index is 0.174. The monoisotopic (exact) mass is 396 g/mol. The Balaban J connectivity index is 1.68. The number of morpholine rings is 1. The van der Waals surface area contributed by atoms with E-state index in [1.807, 2.05) is 12.1 Å². The van der Waals surface area contributed by atoms with Crippen LogP contribution in [0.4, 0.5) is 10.1 Å². The summed E-state index contributed by atoms with van der Waals surface area (Å²) in [6, 6.07) is 11.8. The fourth-order valence-corrected chi connectivity index (χ4v) is 3.61. The van der Waals surface area contributed by atoms with E-state index >= 15 is 0 Å². The van der Waals surface area contributed by atoms with Crippen LogP contribution in [-0.4, -0.2) is 50.1 Å². The van der Waals surface area contributed by atoms with Crippen LogP contribution in [0.1, 0.15) is 11.1 Å². The highest BCUT2D eigenvalue weighted by Gasteiger charge is 2.35. The van der Waals surface area contributed by atoms with Crippen LogP contribution in [-0.2, 0) is 20.9 Å². The SMILES string of the molecule is COc1cccc(CN2C(=O)/C(=C/C(=O)N3CCOCC3)c3cccc(F)c32)c1. The van der Waals surface area contributed by atoms with Crippen LogP contribution < -0.4 is 9.64 Å². The van der Waals surface area contributed by atoms with Gasteiger partial charge in [0.15, 0.2) is 0 Å². The van der Waals surface area contributed by atoms with E-state index in [1.54, 1.807) is 36.3 Å². The highest BCUT2D eigenvalue weighted by molar-refractivity contribution is 6.34. The molecular weight excluding hydrogens is 375 g/mol. The number of carbonyl (C=O) groups excluding carboxylic acids is 2. The largest absolute Gasteiger partial charge is 0.497 e. The second-order valence-electron chi connectivity index (χ2n) is 6.87. The number of nitrogens with zero attached hydrogens (tertiary/aromatic N) is 2. The number of amides is 2. The number of hydrogen-bond acceptors (Lipinski definition) is 4. The molecule has 2 amide bonds. The molecule has 29 heavy (non-hydrogen) atoms. The van der Waals surface area contributed by atoms with Gasteiger partial charge in [-0.1, -0.05) is 24.3 Å². The Morgan fingerprint density at radius 3 is 2.72 bits per heavy atom. The normalized spacial score (nSPS) is 17.6. The molecule has 0 radical (unpaired) electrons. The molecule has 0 N–H and O–H groups in total. The Morgan fingerprint density at radius 2 is 1.97 bits per heavy atom.